The molecular formula is C32H37N9S. The van der Waals surface area contributed by atoms with Crippen LogP contribution in [0.5, 0.6) is 0 Å². The fourth-order valence-electron chi connectivity index (χ4n) is 6.46. The van der Waals surface area contributed by atoms with Crippen molar-refractivity contribution in [1.82, 2.24) is 34.5 Å². The number of hydrogen-bond acceptors (Lipinski definition) is 9. The van der Waals surface area contributed by atoms with Gasteiger partial charge in [0, 0.05) is 53.9 Å². The van der Waals surface area contributed by atoms with E-state index in [0.29, 0.717) is 17.9 Å². The number of fused-ring (bicyclic) bond motifs is 1. The average Bonchev–Trinajstić information content (AvgIpc) is 3.60. The van der Waals surface area contributed by atoms with Gasteiger partial charge in [-0.05, 0) is 51.8 Å². The summed E-state index contributed by atoms with van der Waals surface area (Å²) in [5.41, 5.74) is 12.2. The highest BCUT2D eigenvalue weighted by Crippen LogP contribution is 2.38. The van der Waals surface area contributed by atoms with Crippen LogP contribution in [0.15, 0.2) is 60.9 Å². The molecule has 0 radical (unpaired) electrons. The van der Waals surface area contributed by atoms with Gasteiger partial charge in [-0.1, -0.05) is 42.5 Å². The molecule has 2 fully saturated rings. The van der Waals surface area contributed by atoms with E-state index < -0.39 is 0 Å². The topological polar surface area (TPSA) is 101 Å². The molecule has 2 aliphatic rings. The summed E-state index contributed by atoms with van der Waals surface area (Å²) in [4.78, 5) is 20.1. The second-order valence-corrected chi connectivity index (χ2v) is 12.7. The highest BCUT2D eigenvalue weighted by atomic mass is 32.1. The molecule has 0 atom stereocenters. The van der Waals surface area contributed by atoms with Crippen LogP contribution in [0.3, 0.4) is 0 Å². The van der Waals surface area contributed by atoms with E-state index in [-0.39, 0.29) is 0 Å². The third-order valence-corrected chi connectivity index (χ3v) is 9.72. The maximum absolute atomic E-state index is 6.43. The number of aryl methyl sites for hydroxylation is 1. The first-order valence-electron chi connectivity index (χ1n) is 14.8. The molecule has 1 aliphatic heterocycles. The second-order valence-electron chi connectivity index (χ2n) is 11.5. The number of thiazole rings is 1. The summed E-state index contributed by atoms with van der Waals surface area (Å²) in [5.74, 6) is 0.473. The van der Waals surface area contributed by atoms with Gasteiger partial charge in [-0.2, -0.15) is 5.10 Å². The van der Waals surface area contributed by atoms with E-state index in [2.05, 4.69) is 80.1 Å². The van der Waals surface area contributed by atoms with Crippen LogP contribution in [0.2, 0.25) is 0 Å². The van der Waals surface area contributed by atoms with E-state index in [1.165, 1.54) is 30.8 Å². The summed E-state index contributed by atoms with van der Waals surface area (Å²) < 4.78 is 2.12. The first-order valence-corrected chi connectivity index (χ1v) is 15.7. The molecule has 2 aromatic carbocycles. The van der Waals surface area contributed by atoms with Gasteiger partial charge in [-0.3, -0.25) is 4.90 Å². The van der Waals surface area contributed by atoms with Crippen molar-refractivity contribution in [2.75, 3.05) is 44.3 Å². The average molecular weight is 580 g/mol. The van der Waals surface area contributed by atoms with Crippen LogP contribution in [0.25, 0.3) is 33.5 Å². The SMILES string of the molecule is Cc1sc(Nc2ccc(-c3nn([C@H]4CC[C@@H](N5CCN(C)CC5)CC4)c4ncnc(N)c34)cc2)nc1-c1ccccc1. The smallest absolute Gasteiger partial charge is 0.187 e. The summed E-state index contributed by atoms with van der Waals surface area (Å²) in [7, 11) is 2.22. The highest BCUT2D eigenvalue weighted by Gasteiger charge is 2.30. The number of rotatable bonds is 6. The number of likely N-dealkylation sites (N-methyl/N-ethyl adjacent to an activating group) is 1. The molecule has 0 spiro atoms. The molecule has 0 amide bonds. The van der Waals surface area contributed by atoms with Crippen molar-refractivity contribution in [3.05, 3.63) is 65.8 Å². The number of nitrogens with one attached hydrogen (secondary N) is 1. The molecule has 10 heteroatoms. The number of nitrogens with two attached hydrogens (primary N) is 1. The molecule has 216 valence electrons. The van der Waals surface area contributed by atoms with E-state index in [4.69, 9.17) is 15.8 Å². The van der Waals surface area contributed by atoms with Crippen molar-refractivity contribution in [3.8, 4) is 22.5 Å². The second kappa shape index (κ2) is 11.4. The number of piperazine rings is 1. The molecule has 3 aromatic heterocycles. The van der Waals surface area contributed by atoms with E-state index in [1.54, 1.807) is 17.7 Å². The zero-order valence-corrected chi connectivity index (χ0v) is 25.0. The zero-order chi connectivity index (χ0) is 28.6. The Kier molecular flexibility index (Phi) is 7.35. The summed E-state index contributed by atoms with van der Waals surface area (Å²) >= 11 is 1.66. The van der Waals surface area contributed by atoms with Crippen LogP contribution in [0, 0.1) is 6.92 Å². The Labute approximate surface area is 250 Å². The molecule has 1 aliphatic carbocycles. The van der Waals surface area contributed by atoms with Gasteiger partial charge in [0.15, 0.2) is 10.8 Å². The first-order chi connectivity index (χ1) is 20.5. The molecular weight excluding hydrogens is 542 g/mol. The number of aromatic nitrogens is 5. The molecule has 7 rings (SSSR count). The lowest BCUT2D eigenvalue weighted by molar-refractivity contribution is 0.0815. The number of nitrogens with zero attached hydrogens (tertiary/aromatic N) is 7. The van der Waals surface area contributed by atoms with Crippen LogP contribution in [-0.2, 0) is 0 Å². The van der Waals surface area contributed by atoms with Crippen LogP contribution < -0.4 is 11.1 Å². The van der Waals surface area contributed by atoms with Gasteiger partial charge in [-0.25, -0.2) is 19.6 Å². The minimum atomic E-state index is 0.312. The largest absolute Gasteiger partial charge is 0.383 e. The lowest BCUT2D eigenvalue weighted by Crippen LogP contribution is -2.49. The predicted octanol–water partition coefficient (Wildman–Crippen LogP) is 5.98. The molecule has 3 N–H and O–H groups in total. The Morgan fingerprint density at radius 2 is 1.52 bits per heavy atom. The molecule has 1 saturated carbocycles. The first kappa shape index (κ1) is 27.0. The van der Waals surface area contributed by atoms with Crippen LogP contribution in [0.1, 0.15) is 36.6 Å². The van der Waals surface area contributed by atoms with E-state index in [9.17, 15) is 0 Å². The monoisotopic (exact) mass is 579 g/mol. The molecule has 4 heterocycles. The predicted molar refractivity (Wildman–Crippen MR) is 171 cm³/mol. The van der Waals surface area contributed by atoms with Crippen molar-refractivity contribution in [1.29, 1.82) is 0 Å². The third kappa shape index (κ3) is 5.26. The van der Waals surface area contributed by atoms with Gasteiger partial charge in [0.1, 0.15) is 17.8 Å². The molecule has 0 unspecified atom stereocenters. The molecule has 0 bridgehead atoms. The summed E-state index contributed by atoms with van der Waals surface area (Å²) in [5, 5.41) is 10.3. The van der Waals surface area contributed by atoms with Gasteiger partial charge < -0.3 is 16.0 Å². The van der Waals surface area contributed by atoms with E-state index in [0.717, 1.165) is 70.3 Å². The minimum Gasteiger partial charge on any atom is -0.383 e. The van der Waals surface area contributed by atoms with Crippen molar-refractivity contribution >= 4 is 39.0 Å². The van der Waals surface area contributed by atoms with E-state index >= 15 is 0 Å². The van der Waals surface area contributed by atoms with Gasteiger partial charge >= 0.3 is 0 Å². The van der Waals surface area contributed by atoms with Gasteiger partial charge in [0.05, 0.1) is 17.1 Å². The van der Waals surface area contributed by atoms with Gasteiger partial charge in [0.2, 0.25) is 0 Å². The fraction of sp³-hybridized carbons (Fsp3) is 0.375. The van der Waals surface area contributed by atoms with Gasteiger partial charge in [-0.15, -0.1) is 11.3 Å². The van der Waals surface area contributed by atoms with Crippen molar-refractivity contribution < 1.29 is 0 Å². The van der Waals surface area contributed by atoms with Gasteiger partial charge in [0.25, 0.3) is 0 Å². The third-order valence-electron chi connectivity index (χ3n) is 8.84. The maximum atomic E-state index is 6.43. The summed E-state index contributed by atoms with van der Waals surface area (Å²) in [6.07, 6.45) is 6.13. The molecule has 5 aromatic rings. The number of anilines is 3. The zero-order valence-electron chi connectivity index (χ0n) is 24.2. The highest BCUT2D eigenvalue weighted by molar-refractivity contribution is 7.16. The van der Waals surface area contributed by atoms with Crippen LogP contribution in [-0.4, -0.2) is 73.8 Å². The van der Waals surface area contributed by atoms with E-state index in [1.807, 2.05) is 18.2 Å². The molecule has 9 nitrogen and oxygen atoms in total. The Hall–Kier alpha value is -3.86. The maximum Gasteiger partial charge on any atom is 0.187 e. The standard InChI is InChI=1S/C32H37N9S/c1-21-28(22-6-4-3-5-7-22)37-32(42-21)36-24-10-8-23(9-11-24)29-27-30(33)34-20-35-31(27)41(38-29)26-14-12-25(13-15-26)40-18-16-39(2)17-19-40/h3-11,20,25-26H,12-19H2,1-2H3,(H,36,37)(H2,33,34,35)/t25-,26+. The summed E-state index contributed by atoms with van der Waals surface area (Å²) in [6, 6.07) is 19.6. The number of hydrogen-bond donors (Lipinski definition) is 2. The van der Waals surface area contributed by atoms with Crippen LogP contribution >= 0.6 is 11.3 Å². The minimum absolute atomic E-state index is 0.312. The number of benzene rings is 2. The normalized spacial score (nSPS) is 20.2. The van der Waals surface area contributed by atoms with Crippen molar-refractivity contribution in [2.45, 2.75) is 44.7 Å². The lowest BCUT2D eigenvalue weighted by atomic mass is 9.90. The quantitative estimate of drug-likeness (QED) is 0.253. The molecule has 42 heavy (non-hydrogen) atoms. The summed E-state index contributed by atoms with van der Waals surface area (Å²) in [6.45, 7) is 6.78. The van der Waals surface area contributed by atoms with Crippen molar-refractivity contribution in [2.24, 2.45) is 0 Å². The van der Waals surface area contributed by atoms with Crippen molar-refractivity contribution in [3.63, 3.8) is 0 Å². The van der Waals surface area contributed by atoms with Crippen LogP contribution in [0.4, 0.5) is 16.6 Å². The molecule has 1 saturated heterocycles. The fourth-order valence-corrected chi connectivity index (χ4v) is 7.31. The number of nitrogen functional groups attached to an aromatic ring is 1. The Morgan fingerprint density at radius 3 is 2.26 bits per heavy atom. The lowest BCUT2D eigenvalue weighted by Gasteiger charge is -2.41. The Bertz CT molecular complexity index is 1660. The Balaban J connectivity index is 1.10. The Morgan fingerprint density at radius 1 is 0.833 bits per heavy atom.